The largest absolute Gasteiger partial charge is 0.418 e. The van der Waals surface area contributed by atoms with Gasteiger partial charge in [-0.3, -0.25) is 4.98 Å². The second-order valence-electron chi connectivity index (χ2n) is 5.19. The topological polar surface area (TPSA) is 45.1 Å². The van der Waals surface area contributed by atoms with Crippen LogP contribution in [0.4, 0.5) is 13.2 Å². The van der Waals surface area contributed by atoms with Gasteiger partial charge in [0.15, 0.2) is 5.60 Å². The quantitative estimate of drug-likeness (QED) is 0.834. The van der Waals surface area contributed by atoms with Crippen LogP contribution in [0.1, 0.15) is 12.5 Å². The molecule has 114 valence electrons. The van der Waals surface area contributed by atoms with Crippen molar-refractivity contribution >= 4 is 10.9 Å². The molecule has 3 nitrogen and oxygen atoms in total. The van der Waals surface area contributed by atoms with Gasteiger partial charge in [-0.15, -0.1) is 0 Å². The molecule has 0 aliphatic rings. The van der Waals surface area contributed by atoms with E-state index in [1.165, 1.54) is 0 Å². The van der Waals surface area contributed by atoms with Crippen LogP contribution in [0.3, 0.4) is 0 Å². The third kappa shape index (κ3) is 3.71. The van der Waals surface area contributed by atoms with Gasteiger partial charge in [-0.25, -0.2) is 0 Å². The van der Waals surface area contributed by atoms with Crippen LogP contribution in [-0.4, -0.2) is 35.0 Å². The summed E-state index contributed by atoms with van der Waals surface area (Å²) in [6.07, 6.45) is -2.41. The van der Waals surface area contributed by atoms with Crippen LogP contribution in [0.15, 0.2) is 36.5 Å². The molecule has 0 saturated heterocycles. The van der Waals surface area contributed by atoms with Crippen LogP contribution in [0.5, 0.6) is 0 Å². The van der Waals surface area contributed by atoms with Gasteiger partial charge in [-0.2, -0.15) is 13.2 Å². The first-order valence-electron chi connectivity index (χ1n) is 6.64. The Morgan fingerprint density at radius 1 is 1.19 bits per heavy atom. The van der Waals surface area contributed by atoms with Crippen molar-refractivity contribution in [1.29, 1.82) is 0 Å². The van der Waals surface area contributed by atoms with Gasteiger partial charge in [-0.05, 0) is 31.5 Å². The summed E-state index contributed by atoms with van der Waals surface area (Å²) >= 11 is 0. The van der Waals surface area contributed by atoms with E-state index in [1.54, 1.807) is 6.20 Å². The molecule has 2 rings (SSSR count). The third-order valence-electron chi connectivity index (χ3n) is 3.37. The highest BCUT2D eigenvalue weighted by atomic mass is 19.4. The van der Waals surface area contributed by atoms with E-state index in [9.17, 15) is 18.3 Å². The van der Waals surface area contributed by atoms with E-state index in [0.717, 1.165) is 23.4 Å². The fourth-order valence-corrected chi connectivity index (χ4v) is 2.02. The van der Waals surface area contributed by atoms with Gasteiger partial charge >= 0.3 is 6.18 Å². The van der Waals surface area contributed by atoms with Gasteiger partial charge in [-0.1, -0.05) is 24.3 Å². The highest BCUT2D eigenvalue weighted by molar-refractivity contribution is 5.81. The number of para-hydroxylation sites is 1. The van der Waals surface area contributed by atoms with Crippen molar-refractivity contribution in [2.45, 2.75) is 25.1 Å². The van der Waals surface area contributed by atoms with Crippen LogP contribution in [0.25, 0.3) is 10.9 Å². The summed E-state index contributed by atoms with van der Waals surface area (Å²) in [6.45, 7) is 0.566. The molecule has 0 spiro atoms. The van der Waals surface area contributed by atoms with Gasteiger partial charge in [0.05, 0.1) is 5.52 Å². The number of aromatic nitrogens is 1. The lowest BCUT2D eigenvalue weighted by Gasteiger charge is -2.26. The third-order valence-corrected chi connectivity index (χ3v) is 3.37. The highest BCUT2D eigenvalue weighted by Crippen LogP contribution is 2.29. The van der Waals surface area contributed by atoms with Crippen molar-refractivity contribution in [2.24, 2.45) is 0 Å². The lowest BCUT2D eigenvalue weighted by molar-refractivity contribution is -0.250. The number of nitrogens with one attached hydrogen (secondary N) is 1. The van der Waals surface area contributed by atoms with Crippen molar-refractivity contribution in [1.82, 2.24) is 10.3 Å². The molecule has 2 aromatic rings. The Bertz CT molecular complexity index is 606. The predicted octanol–water partition coefficient (Wildman–Crippen LogP) is 2.68. The molecular formula is C15H17F3N2O. The molecule has 0 aliphatic heterocycles. The zero-order chi connectivity index (χ0) is 15.5. The number of fused-ring (bicyclic) bond motifs is 1. The number of aliphatic hydroxyl groups is 1. The first kappa shape index (κ1) is 15.7. The molecule has 21 heavy (non-hydrogen) atoms. The van der Waals surface area contributed by atoms with Crippen LogP contribution in [0, 0.1) is 0 Å². The van der Waals surface area contributed by atoms with Gasteiger partial charge in [0.25, 0.3) is 0 Å². The minimum atomic E-state index is -4.64. The fraction of sp³-hybridized carbons (Fsp3) is 0.400. The molecular weight excluding hydrogens is 281 g/mol. The average molecular weight is 298 g/mol. The van der Waals surface area contributed by atoms with Crippen molar-refractivity contribution in [2.75, 3.05) is 13.1 Å². The molecule has 1 atom stereocenters. The van der Waals surface area contributed by atoms with Crippen molar-refractivity contribution in [3.05, 3.63) is 42.1 Å². The Morgan fingerprint density at radius 2 is 1.90 bits per heavy atom. The molecule has 1 unspecified atom stereocenters. The Kier molecular flexibility index (Phi) is 4.49. The number of nitrogens with zero attached hydrogens (tertiary/aromatic N) is 1. The number of hydrogen-bond donors (Lipinski definition) is 2. The summed E-state index contributed by atoms with van der Waals surface area (Å²) in [5.74, 6) is 0. The molecule has 0 amide bonds. The Morgan fingerprint density at radius 3 is 2.62 bits per heavy atom. The normalized spacial score (nSPS) is 15.1. The average Bonchev–Trinajstić information content (AvgIpc) is 2.42. The number of halogens is 3. The monoisotopic (exact) mass is 298 g/mol. The summed E-state index contributed by atoms with van der Waals surface area (Å²) in [6, 6.07) is 9.51. The summed E-state index contributed by atoms with van der Waals surface area (Å²) in [4.78, 5) is 4.29. The number of benzene rings is 1. The van der Waals surface area contributed by atoms with Crippen molar-refractivity contribution in [3.8, 4) is 0 Å². The summed E-state index contributed by atoms with van der Waals surface area (Å²) in [5.41, 5.74) is -0.902. The molecule has 0 radical (unpaired) electrons. The van der Waals surface area contributed by atoms with Gasteiger partial charge in [0.1, 0.15) is 0 Å². The number of rotatable bonds is 5. The second kappa shape index (κ2) is 5.99. The van der Waals surface area contributed by atoms with Crippen LogP contribution in [-0.2, 0) is 6.42 Å². The summed E-state index contributed by atoms with van der Waals surface area (Å²) < 4.78 is 37.5. The lowest BCUT2D eigenvalue weighted by Crippen LogP contribution is -2.50. The maximum atomic E-state index is 12.5. The predicted molar refractivity (Wildman–Crippen MR) is 75.0 cm³/mol. The van der Waals surface area contributed by atoms with Gasteiger partial charge in [0.2, 0.25) is 0 Å². The van der Waals surface area contributed by atoms with Crippen molar-refractivity contribution in [3.63, 3.8) is 0 Å². The summed E-state index contributed by atoms with van der Waals surface area (Å²) in [5, 5.41) is 13.0. The van der Waals surface area contributed by atoms with Gasteiger partial charge in [0, 0.05) is 18.1 Å². The van der Waals surface area contributed by atoms with Gasteiger partial charge < -0.3 is 10.4 Å². The zero-order valence-electron chi connectivity index (χ0n) is 11.6. The molecule has 2 N–H and O–H groups in total. The van der Waals surface area contributed by atoms with E-state index in [4.69, 9.17) is 0 Å². The molecule has 0 aliphatic carbocycles. The number of hydrogen-bond acceptors (Lipinski definition) is 3. The minimum Gasteiger partial charge on any atom is -0.380 e. The second-order valence-corrected chi connectivity index (χ2v) is 5.19. The smallest absolute Gasteiger partial charge is 0.380 e. The molecule has 1 heterocycles. The first-order valence-corrected chi connectivity index (χ1v) is 6.64. The number of alkyl halides is 3. The molecule has 0 bridgehead atoms. The molecule has 1 aromatic carbocycles. The molecule has 0 saturated carbocycles. The summed E-state index contributed by atoms with van der Waals surface area (Å²) in [7, 11) is 0. The SMILES string of the molecule is CC(O)(CNCCc1cccc2cccnc12)C(F)(F)F. The number of pyridine rings is 1. The standard InChI is InChI=1S/C15H17F3N2O/c1-14(21,15(16,17)18)10-19-9-7-12-5-2-4-11-6-3-8-20-13(11)12/h2-6,8,19,21H,7,9-10H2,1H3. The Hall–Kier alpha value is -1.66. The molecule has 0 fully saturated rings. The zero-order valence-corrected chi connectivity index (χ0v) is 11.6. The maximum absolute atomic E-state index is 12.5. The Labute approximate surface area is 120 Å². The first-order chi connectivity index (χ1) is 9.81. The fourth-order valence-electron chi connectivity index (χ4n) is 2.02. The molecule has 6 heteroatoms. The molecule has 1 aromatic heterocycles. The van der Waals surface area contributed by atoms with E-state index in [0.29, 0.717) is 13.0 Å². The van der Waals surface area contributed by atoms with E-state index in [1.807, 2.05) is 30.3 Å². The van der Waals surface area contributed by atoms with Crippen LogP contribution in [0.2, 0.25) is 0 Å². The van der Waals surface area contributed by atoms with E-state index >= 15 is 0 Å². The lowest BCUT2D eigenvalue weighted by atomic mass is 10.1. The highest BCUT2D eigenvalue weighted by Gasteiger charge is 2.49. The minimum absolute atomic E-state index is 0.335. The van der Waals surface area contributed by atoms with Crippen LogP contribution < -0.4 is 5.32 Å². The van der Waals surface area contributed by atoms with E-state index in [-0.39, 0.29) is 0 Å². The van der Waals surface area contributed by atoms with Crippen molar-refractivity contribution < 1.29 is 18.3 Å². The van der Waals surface area contributed by atoms with E-state index < -0.39 is 18.3 Å². The van der Waals surface area contributed by atoms with E-state index in [2.05, 4.69) is 10.3 Å². The maximum Gasteiger partial charge on any atom is 0.418 e. The van der Waals surface area contributed by atoms with Crippen LogP contribution >= 0.6 is 0 Å². The Balaban J connectivity index is 1.95.